The molecule has 1 fully saturated rings. The highest BCUT2D eigenvalue weighted by molar-refractivity contribution is 7.18. The van der Waals surface area contributed by atoms with Crippen LogP contribution in [0.15, 0.2) is 36.7 Å². The molecule has 1 aliphatic heterocycles. The van der Waals surface area contributed by atoms with Gasteiger partial charge in [0.15, 0.2) is 0 Å². The number of nitrogens with zero attached hydrogens (tertiary/aromatic N) is 6. The summed E-state index contributed by atoms with van der Waals surface area (Å²) in [6.45, 7) is 5.75. The van der Waals surface area contributed by atoms with E-state index in [4.69, 9.17) is 11.6 Å². The second kappa shape index (κ2) is 7.85. The largest absolute Gasteiger partial charge is 0.352 e. The van der Waals surface area contributed by atoms with Gasteiger partial charge in [0, 0.05) is 42.5 Å². The Morgan fingerprint density at radius 2 is 1.72 bits per heavy atom. The van der Waals surface area contributed by atoms with E-state index in [1.165, 1.54) is 10.4 Å². The molecule has 5 rings (SSSR count). The SMILES string of the molecule is Cc1cc2c(N3CCN(c4nnc(Cc5ccc(Cl)cc5)s4)CC3)ncnc2s1. The first-order chi connectivity index (χ1) is 14.2. The van der Waals surface area contributed by atoms with Crippen LogP contribution in [0.25, 0.3) is 10.2 Å². The molecule has 4 heterocycles. The Bertz CT molecular complexity index is 1130. The van der Waals surface area contributed by atoms with Crippen molar-refractivity contribution in [1.82, 2.24) is 20.2 Å². The highest BCUT2D eigenvalue weighted by atomic mass is 35.5. The topological polar surface area (TPSA) is 58.0 Å². The third kappa shape index (κ3) is 3.92. The molecule has 0 radical (unpaired) electrons. The number of hydrogen-bond acceptors (Lipinski definition) is 8. The van der Waals surface area contributed by atoms with Crippen LogP contribution in [0.5, 0.6) is 0 Å². The Morgan fingerprint density at radius 3 is 2.52 bits per heavy atom. The molecular formula is C20H19ClN6S2. The van der Waals surface area contributed by atoms with E-state index in [9.17, 15) is 0 Å². The molecule has 29 heavy (non-hydrogen) atoms. The summed E-state index contributed by atoms with van der Waals surface area (Å²) in [5.41, 5.74) is 1.20. The lowest BCUT2D eigenvalue weighted by Gasteiger charge is -2.35. The van der Waals surface area contributed by atoms with Crippen molar-refractivity contribution in [2.75, 3.05) is 36.0 Å². The summed E-state index contributed by atoms with van der Waals surface area (Å²) in [5, 5.41) is 12.7. The van der Waals surface area contributed by atoms with Crippen LogP contribution >= 0.6 is 34.3 Å². The minimum absolute atomic E-state index is 0.753. The molecule has 4 aromatic rings. The van der Waals surface area contributed by atoms with E-state index in [1.807, 2.05) is 24.3 Å². The summed E-state index contributed by atoms with van der Waals surface area (Å²) in [7, 11) is 0. The summed E-state index contributed by atoms with van der Waals surface area (Å²) >= 11 is 9.36. The molecular weight excluding hydrogens is 424 g/mol. The van der Waals surface area contributed by atoms with Crippen LogP contribution in [0, 0.1) is 6.92 Å². The van der Waals surface area contributed by atoms with Gasteiger partial charge in [-0.05, 0) is 30.7 Å². The summed E-state index contributed by atoms with van der Waals surface area (Å²) in [5.74, 6) is 1.04. The van der Waals surface area contributed by atoms with Gasteiger partial charge in [0.05, 0.1) is 5.39 Å². The first-order valence-electron chi connectivity index (χ1n) is 9.43. The van der Waals surface area contributed by atoms with Crippen molar-refractivity contribution < 1.29 is 0 Å². The third-order valence-corrected chi connectivity index (χ3v) is 7.20. The number of hydrogen-bond donors (Lipinski definition) is 0. The molecule has 1 aromatic carbocycles. The number of halogens is 1. The van der Waals surface area contributed by atoms with Gasteiger partial charge >= 0.3 is 0 Å². The molecule has 0 unspecified atom stereocenters. The Labute approximate surface area is 181 Å². The fourth-order valence-corrected chi connectivity index (χ4v) is 5.44. The maximum absolute atomic E-state index is 5.97. The molecule has 0 aliphatic carbocycles. The van der Waals surface area contributed by atoms with Crippen molar-refractivity contribution in [2.45, 2.75) is 13.3 Å². The summed E-state index contributed by atoms with van der Waals surface area (Å²) in [6.07, 6.45) is 2.46. The molecule has 1 saturated heterocycles. The molecule has 0 amide bonds. The maximum atomic E-state index is 5.97. The zero-order valence-corrected chi connectivity index (χ0v) is 18.3. The Hall–Kier alpha value is -2.29. The van der Waals surface area contributed by atoms with Crippen LogP contribution < -0.4 is 9.80 Å². The van der Waals surface area contributed by atoms with Crippen molar-refractivity contribution in [2.24, 2.45) is 0 Å². The Balaban J connectivity index is 1.26. The van der Waals surface area contributed by atoms with Gasteiger partial charge in [0.25, 0.3) is 0 Å². The van der Waals surface area contributed by atoms with Crippen LogP contribution in [0.3, 0.4) is 0 Å². The molecule has 0 atom stereocenters. The van der Waals surface area contributed by atoms with E-state index >= 15 is 0 Å². The van der Waals surface area contributed by atoms with Gasteiger partial charge in [-0.2, -0.15) is 0 Å². The number of aromatic nitrogens is 4. The molecule has 3 aromatic heterocycles. The minimum Gasteiger partial charge on any atom is -0.352 e. The zero-order chi connectivity index (χ0) is 19.8. The number of benzene rings is 1. The van der Waals surface area contributed by atoms with E-state index in [-0.39, 0.29) is 0 Å². The van der Waals surface area contributed by atoms with Crippen LogP contribution in [0.2, 0.25) is 5.02 Å². The normalized spacial score (nSPS) is 14.7. The Morgan fingerprint density at radius 1 is 0.966 bits per heavy atom. The van der Waals surface area contributed by atoms with Gasteiger partial charge in [-0.3, -0.25) is 0 Å². The zero-order valence-electron chi connectivity index (χ0n) is 15.9. The van der Waals surface area contributed by atoms with E-state index in [1.54, 1.807) is 29.0 Å². The Kier molecular flexibility index (Phi) is 5.07. The lowest BCUT2D eigenvalue weighted by atomic mass is 10.2. The predicted molar refractivity (Wildman–Crippen MR) is 121 cm³/mol. The molecule has 9 heteroatoms. The summed E-state index contributed by atoms with van der Waals surface area (Å²) in [6, 6.07) is 10.1. The first-order valence-corrected chi connectivity index (χ1v) is 11.4. The fourth-order valence-electron chi connectivity index (χ4n) is 3.55. The van der Waals surface area contributed by atoms with Crippen molar-refractivity contribution in [3.8, 4) is 0 Å². The molecule has 148 valence electrons. The predicted octanol–water partition coefficient (Wildman–Crippen LogP) is 4.42. The number of anilines is 2. The first kappa shape index (κ1) is 18.7. The standard InChI is InChI=1S/C20H19ClN6S2/c1-13-10-16-18(22-12-23-19(16)28-13)26-6-8-27(9-7-26)20-25-24-17(29-20)11-14-2-4-15(21)5-3-14/h2-5,10,12H,6-9,11H2,1H3. The van der Waals surface area contributed by atoms with Crippen LogP contribution in [0.4, 0.5) is 10.9 Å². The van der Waals surface area contributed by atoms with Gasteiger partial charge in [0.1, 0.15) is 22.0 Å². The third-order valence-electron chi connectivity index (χ3n) is 5.01. The van der Waals surface area contributed by atoms with Crippen molar-refractivity contribution >= 4 is 55.4 Å². The van der Waals surface area contributed by atoms with E-state index in [0.29, 0.717) is 0 Å². The molecule has 0 spiro atoms. The van der Waals surface area contributed by atoms with Gasteiger partial charge in [0.2, 0.25) is 5.13 Å². The van der Waals surface area contributed by atoms with Gasteiger partial charge in [-0.25, -0.2) is 9.97 Å². The van der Waals surface area contributed by atoms with Gasteiger partial charge in [-0.15, -0.1) is 21.5 Å². The molecule has 1 aliphatic rings. The van der Waals surface area contributed by atoms with Crippen LogP contribution in [-0.4, -0.2) is 46.3 Å². The monoisotopic (exact) mass is 442 g/mol. The van der Waals surface area contributed by atoms with Crippen LogP contribution in [0.1, 0.15) is 15.4 Å². The average molecular weight is 443 g/mol. The molecule has 6 nitrogen and oxygen atoms in total. The number of piperazine rings is 1. The van der Waals surface area contributed by atoms with Gasteiger partial charge < -0.3 is 9.80 Å². The second-order valence-electron chi connectivity index (χ2n) is 7.03. The second-order valence-corrected chi connectivity index (χ2v) is 9.74. The van der Waals surface area contributed by atoms with E-state index in [0.717, 1.165) is 63.8 Å². The average Bonchev–Trinajstić information content (AvgIpc) is 3.35. The number of rotatable bonds is 4. The van der Waals surface area contributed by atoms with Crippen molar-refractivity contribution in [3.05, 3.63) is 57.1 Å². The number of fused-ring (bicyclic) bond motifs is 1. The quantitative estimate of drug-likeness (QED) is 0.466. The number of aryl methyl sites for hydroxylation is 1. The number of thiophene rings is 1. The fraction of sp³-hybridized carbons (Fsp3) is 0.300. The molecule has 0 N–H and O–H groups in total. The van der Waals surface area contributed by atoms with Crippen molar-refractivity contribution in [1.29, 1.82) is 0 Å². The summed E-state index contributed by atoms with van der Waals surface area (Å²) < 4.78 is 0. The highest BCUT2D eigenvalue weighted by Crippen LogP contribution is 2.31. The lowest BCUT2D eigenvalue weighted by Crippen LogP contribution is -2.46. The minimum atomic E-state index is 0.753. The van der Waals surface area contributed by atoms with Crippen molar-refractivity contribution in [3.63, 3.8) is 0 Å². The van der Waals surface area contributed by atoms with Gasteiger partial charge in [-0.1, -0.05) is 35.1 Å². The van der Waals surface area contributed by atoms with E-state index < -0.39 is 0 Å². The maximum Gasteiger partial charge on any atom is 0.208 e. The van der Waals surface area contributed by atoms with Crippen LogP contribution in [-0.2, 0) is 6.42 Å². The smallest absolute Gasteiger partial charge is 0.208 e. The highest BCUT2D eigenvalue weighted by Gasteiger charge is 2.23. The lowest BCUT2D eigenvalue weighted by molar-refractivity contribution is 0.645. The molecule has 0 bridgehead atoms. The molecule has 0 saturated carbocycles. The summed E-state index contributed by atoms with van der Waals surface area (Å²) in [4.78, 5) is 16.0. The van der Waals surface area contributed by atoms with E-state index in [2.05, 4.69) is 43.0 Å².